The zero-order valence-corrected chi connectivity index (χ0v) is 12.6. The molecular formula is C13H17N5O2S. The number of nitrogens with two attached hydrogens (primary N) is 1. The first-order valence-corrected chi connectivity index (χ1v) is 7.40. The van der Waals surface area contributed by atoms with Crippen LogP contribution in [-0.4, -0.2) is 25.8 Å². The minimum absolute atomic E-state index is 0.0815. The van der Waals surface area contributed by atoms with Gasteiger partial charge in [-0.3, -0.25) is 24.4 Å². The molecule has 0 spiro atoms. The largest absolute Gasteiger partial charge is 0.339 e. The van der Waals surface area contributed by atoms with Gasteiger partial charge in [0.05, 0.1) is 5.25 Å². The molecule has 0 aromatic carbocycles. The highest BCUT2D eigenvalue weighted by Gasteiger charge is 2.22. The number of hydrogen-bond donors (Lipinski definition) is 2. The van der Waals surface area contributed by atoms with Gasteiger partial charge in [-0.25, -0.2) is 0 Å². The van der Waals surface area contributed by atoms with Crippen LogP contribution >= 0.6 is 11.8 Å². The number of aromatic amines is 1. The average molecular weight is 307 g/mol. The molecule has 2 unspecified atom stereocenters. The van der Waals surface area contributed by atoms with Crippen LogP contribution in [0.5, 0.6) is 0 Å². The molecular weight excluding hydrogens is 290 g/mol. The van der Waals surface area contributed by atoms with Gasteiger partial charge in [0.1, 0.15) is 0 Å². The molecule has 0 fully saturated rings. The second-order valence-corrected chi connectivity index (χ2v) is 5.70. The molecule has 7 nitrogen and oxygen atoms in total. The third-order valence-corrected chi connectivity index (χ3v) is 4.53. The molecule has 2 aromatic rings. The second-order valence-electron chi connectivity index (χ2n) is 4.59. The maximum atomic E-state index is 11.4. The summed E-state index contributed by atoms with van der Waals surface area (Å²) in [5.74, 6) is 0. The fraction of sp³-hybridized carbons (Fsp3) is 0.385. The zero-order valence-electron chi connectivity index (χ0n) is 11.8. The average Bonchev–Trinajstić information content (AvgIpc) is 2.49. The number of aromatic nitrogens is 4. The molecule has 21 heavy (non-hydrogen) atoms. The number of hydrogen-bond acceptors (Lipinski definition) is 6. The van der Waals surface area contributed by atoms with Crippen LogP contribution in [0.4, 0.5) is 0 Å². The van der Waals surface area contributed by atoms with E-state index in [9.17, 15) is 9.59 Å². The molecule has 0 radical (unpaired) electrons. The van der Waals surface area contributed by atoms with Crippen LogP contribution in [0.2, 0.25) is 0 Å². The van der Waals surface area contributed by atoms with Crippen molar-refractivity contribution in [3.63, 3.8) is 0 Å². The molecule has 2 aromatic heterocycles. The summed E-state index contributed by atoms with van der Waals surface area (Å²) < 4.78 is 1.44. The van der Waals surface area contributed by atoms with E-state index >= 15 is 0 Å². The first-order valence-electron chi connectivity index (χ1n) is 6.52. The maximum Gasteiger partial charge on any atom is 0.339 e. The first kappa shape index (κ1) is 15.5. The van der Waals surface area contributed by atoms with E-state index < -0.39 is 11.1 Å². The Hall–Kier alpha value is -1.93. The molecule has 0 aliphatic carbocycles. The molecule has 0 bridgehead atoms. The van der Waals surface area contributed by atoms with Crippen molar-refractivity contribution in [3.8, 4) is 0 Å². The molecule has 2 atom stereocenters. The summed E-state index contributed by atoms with van der Waals surface area (Å²) >= 11 is 1.35. The molecule has 0 aliphatic rings. The van der Waals surface area contributed by atoms with E-state index in [1.54, 1.807) is 19.4 Å². The minimum atomic E-state index is -0.797. The van der Waals surface area contributed by atoms with Gasteiger partial charge in [0.25, 0.3) is 0 Å². The topological polar surface area (TPSA) is 107 Å². The molecule has 2 heterocycles. The standard InChI is InChI=1S/C13H17N5O2S/c1-3-9(14)10(8-4-6-15-7-5-8)21-13-16-11(19)12(20)17-18(13)2/h4-7,9-10H,3,14H2,1-2H3,(H,17,20). The van der Waals surface area contributed by atoms with Crippen molar-refractivity contribution < 1.29 is 0 Å². The molecule has 8 heteroatoms. The van der Waals surface area contributed by atoms with E-state index in [2.05, 4.69) is 15.1 Å². The summed E-state index contributed by atoms with van der Waals surface area (Å²) in [5, 5.41) is 2.77. The maximum absolute atomic E-state index is 11.4. The molecule has 0 amide bonds. The fourth-order valence-corrected chi connectivity index (χ4v) is 3.08. The van der Waals surface area contributed by atoms with Crippen LogP contribution in [0, 0.1) is 0 Å². The third kappa shape index (κ3) is 3.59. The number of H-pyrrole nitrogens is 1. The summed E-state index contributed by atoms with van der Waals surface area (Å²) in [4.78, 5) is 30.5. The van der Waals surface area contributed by atoms with Gasteiger partial charge >= 0.3 is 11.1 Å². The van der Waals surface area contributed by atoms with E-state index in [0.717, 1.165) is 12.0 Å². The van der Waals surface area contributed by atoms with Crippen molar-refractivity contribution in [1.29, 1.82) is 0 Å². The second kappa shape index (κ2) is 6.68. The normalized spacial score (nSPS) is 13.9. The highest BCUT2D eigenvalue weighted by atomic mass is 32.2. The van der Waals surface area contributed by atoms with Gasteiger partial charge in [0.2, 0.25) is 0 Å². The Labute approximate surface area is 125 Å². The van der Waals surface area contributed by atoms with Crippen LogP contribution in [0.1, 0.15) is 24.2 Å². The van der Waals surface area contributed by atoms with Gasteiger partial charge in [0.15, 0.2) is 5.16 Å². The van der Waals surface area contributed by atoms with Gasteiger partial charge in [-0.15, -0.1) is 0 Å². The van der Waals surface area contributed by atoms with Gasteiger partial charge < -0.3 is 5.73 Å². The quantitative estimate of drug-likeness (QED) is 0.613. The Morgan fingerprint density at radius 2 is 2.05 bits per heavy atom. The Bertz CT molecular complexity index is 712. The number of aryl methyl sites for hydroxylation is 1. The monoisotopic (exact) mass is 307 g/mol. The predicted octanol–water partition coefficient (Wildman–Crippen LogP) is 0.434. The van der Waals surface area contributed by atoms with Crippen molar-refractivity contribution in [2.24, 2.45) is 12.8 Å². The zero-order chi connectivity index (χ0) is 15.4. The Morgan fingerprint density at radius 3 is 2.67 bits per heavy atom. The number of pyridine rings is 1. The lowest BCUT2D eigenvalue weighted by molar-refractivity contribution is 0.585. The Morgan fingerprint density at radius 1 is 1.38 bits per heavy atom. The molecule has 0 aliphatic heterocycles. The van der Waals surface area contributed by atoms with Crippen molar-refractivity contribution in [2.45, 2.75) is 29.8 Å². The summed E-state index contributed by atoms with van der Waals surface area (Å²) in [6.45, 7) is 2.00. The number of rotatable bonds is 5. The number of nitrogens with zero attached hydrogens (tertiary/aromatic N) is 3. The van der Waals surface area contributed by atoms with E-state index in [4.69, 9.17) is 5.73 Å². The molecule has 2 rings (SSSR count). The summed E-state index contributed by atoms with van der Waals surface area (Å²) in [7, 11) is 1.64. The van der Waals surface area contributed by atoms with Crippen LogP contribution in [0.15, 0.2) is 39.3 Å². The first-order chi connectivity index (χ1) is 10.0. The Balaban J connectivity index is 2.38. The summed E-state index contributed by atoms with van der Waals surface area (Å²) in [6, 6.07) is 3.66. The molecule has 112 valence electrons. The fourth-order valence-electron chi connectivity index (χ4n) is 1.85. The van der Waals surface area contributed by atoms with Crippen molar-refractivity contribution in [2.75, 3.05) is 0 Å². The third-order valence-electron chi connectivity index (χ3n) is 3.07. The van der Waals surface area contributed by atoms with Crippen molar-refractivity contribution in [1.82, 2.24) is 19.7 Å². The molecule has 3 N–H and O–H groups in total. The number of thioether (sulfide) groups is 1. The van der Waals surface area contributed by atoms with E-state index in [1.807, 2.05) is 19.1 Å². The van der Waals surface area contributed by atoms with Gasteiger partial charge in [0, 0.05) is 25.5 Å². The van der Waals surface area contributed by atoms with Crippen molar-refractivity contribution in [3.05, 3.63) is 50.8 Å². The van der Waals surface area contributed by atoms with E-state index in [1.165, 1.54) is 16.4 Å². The molecule has 0 saturated carbocycles. The Kier molecular flexibility index (Phi) is 4.92. The van der Waals surface area contributed by atoms with Crippen LogP contribution < -0.4 is 16.9 Å². The van der Waals surface area contributed by atoms with Crippen LogP contribution in [0.3, 0.4) is 0 Å². The lowest BCUT2D eigenvalue weighted by Gasteiger charge is -2.22. The molecule has 0 saturated heterocycles. The highest BCUT2D eigenvalue weighted by molar-refractivity contribution is 7.99. The van der Waals surface area contributed by atoms with Crippen LogP contribution in [-0.2, 0) is 7.05 Å². The SMILES string of the molecule is CCC(N)C(Sc1nc(=O)c(=O)[nH]n1C)c1ccncc1. The summed E-state index contributed by atoms with van der Waals surface area (Å²) in [6.07, 6.45) is 4.17. The smallest absolute Gasteiger partial charge is 0.326 e. The minimum Gasteiger partial charge on any atom is -0.326 e. The van der Waals surface area contributed by atoms with E-state index in [-0.39, 0.29) is 11.3 Å². The van der Waals surface area contributed by atoms with Gasteiger partial charge in [-0.2, -0.15) is 4.98 Å². The lowest BCUT2D eigenvalue weighted by atomic mass is 10.1. The summed E-state index contributed by atoms with van der Waals surface area (Å²) in [5.41, 5.74) is 5.66. The van der Waals surface area contributed by atoms with Crippen LogP contribution in [0.25, 0.3) is 0 Å². The van der Waals surface area contributed by atoms with Gasteiger partial charge in [-0.1, -0.05) is 18.7 Å². The van der Waals surface area contributed by atoms with E-state index in [0.29, 0.717) is 5.16 Å². The van der Waals surface area contributed by atoms with Gasteiger partial charge in [-0.05, 0) is 24.1 Å². The predicted molar refractivity (Wildman–Crippen MR) is 81.2 cm³/mol. The van der Waals surface area contributed by atoms with Crippen molar-refractivity contribution >= 4 is 11.8 Å². The highest BCUT2D eigenvalue weighted by Crippen LogP contribution is 2.35. The number of nitrogens with one attached hydrogen (secondary N) is 1. The lowest BCUT2D eigenvalue weighted by Crippen LogP contribution is -2.34.